The maximum Gasteiger partial charge on any atom is 0.344 e. The van der Waals surface area contributed by atoms with Gasteiger partial charge in [0.25, 0.3) is 5.91 Å². The average molecular weight is 585 g/mol. The molecular formula is C28H26ClFN4O5S. The highest BCUT2D eigenvalue weighted by atomic mass is 35.5. The molecule has 208 valence electrons. The van der Waals surface area contributed by atoms with Crippen LogP contribution in [-0.2, 0) is 14.3 Å². The summed E-state index contributed by atoms with van der Waals surface area (Å²) < 4.78 is 23.7. The molecule has 0 atom stereocenters. The van der Waals surface area contributed by atoms with Gasteiger partial charge in [-0.05, 0) is 67.6 Å². The van der Waals surface area contributed by atoms with Crippen molar-refractivity contribution in [3.8, 4) is 17.0 Å². The normalized spacial score (nSPS) is 10.2. The number of nitrogens with one attached hydrogen (secondary N) is 1. The van der Waals surface area contributed by atoms with Crippen LogP contribution in [0.5, 0.6) is 5.75 Å². The van der Waals surface area contributed by atoms with E-state index in [0.717, 1.165) is 11.3 Å². The van der Waals surface area contributed by atoms with Gasteiger partial charge in [0.15, 0.2) is 11.7 Å². The maximum absolute atomic E-state index is 13.4. The lowest BCUT2D eigenvalue weighted by atomic mass is 10.1. The standard InChI is InChI=1S/C28H25FN4O5S.ClH/c1-2-37-26(35)16-38-23-13-11-22(12-14-23)33(27(36)19-3-7-20(29)8-4-19)15-25(34)31-21-9-5-18(6-10-21)24-17-39-28(30)32-24;/h3-14,17H,2,15-16H2,1H3,(H2,30,32)(H,31,34);1H. The van der Waals surface area contributed by atoms with E-state index in [2.05, 4.69) is 10.3 Å². The minimum absolute atomic E-state index is 0. The van der Waals surface area contributed by atoms with E-state index in [1.54, 1.807) is 55.5 Å². The van der Waals surface area contributed by atoms with Crippen molar-refractivity contribution in [3.05, 3.63) is 89.6 Å². The summed E-state index contributed by atoms with van der Waals surface area (Å²) in [5.74, 6) is -1.55. The minimum atomic E-state index is -0.505. The Morgan fingerprint density at radius 3 is 2.27 bits per heavy atom. The van der Waals surface area contributed by atoms with Crippen molar-refractivity contribution in [2.24, 2.45) is 0 Å². The molecule has 0 saturated carbocycles. The number of anilines is 3. The van der Waals surface area contributed by atoms with Crippen molar-refractivity contribution in [1.29, 1.82) is 0 Å². The molecule has 0 fully saturated rings. The van der Waals surface area contributed by atoms with E-state index >= 15 is 0 Å². The number of rotatable bonds is 10. The summed E-state index contributed by atoms with van der Waals surface area (Å²) in [6.07, 6.45) is 0. The van der Waals surface area contributed by atoms with E-state index in [-0.39, 0.29) is 37.7 Å². The number of hydrogen-bond donors (Lipinski definition) is 2. The van der Waals surface area contributed by atoms with Gasteiger partial charge in [0.1, 0.15) is 18.1 Å². The molecule has 4 rings (SSSR count). The van der Waals surface area contributed by atoms with E-state index < -0.39 is 23.6 Å². The van der Waals surface area contributed by atoms with Crippen molar-refractivity contribution in [2.75, 3.05) is 35.7 Å². The van der Waals surface area contributed by atoms with Gasteiger partial charge in [0, 0.05) is 27.9 Å². The van der Waals surface area contributed by atoms with Crippen LogP contribution in [0.3, 0.4) is 0 Å². The molecule has 1 aromatic heterocycles. The number of esters is 1. The van der Waals surface area contributed by atoms with Gasteiger partial charge in [-0.3, -0.25) is 14.5 Å². The molecule has 0 unspecified atom stereocenters. The molecular weight excluding hydrogens is 559 g/mol. The molecule has 3 N–H and O–H groups in total. The zero-order valence-corrected chi connectivity index (χ0v) is 23.0. The number of hydrogen-bond acceptors (Lipinski definition) is 8. The molecule has 3 aromatic carbocycles. The second-order valence-electron chi connectivity index (χ2n) is 8.18. The number of nitrogens with two attached hydrogens (primary N) is 1. The number of carbonyl (C=O) groups is 3. The Bertz CT molecular complexity index is 1450. The van der Waals surface area contributed by atoms with Gasteiger partial charge >= 0.3 is 5.97 Å². The highest BCUT2D eigenvalue weighted by molar-refractivity contribution is 7.13. The molecule has 0 aliphatic carbocycles. The van der Waals surface area contributed by atoms with Crippen LogP contribution in [0.2, 0.25) is 0 Å². The lowest BCUT2D eigenvalue weighted by molar-refractivity contribution is -0.145. The third-order valence-corrected chi connectivity index (χ3v) is 6.11. The summed E-state index contributed by atoms with van der Waals surface area (Å²) >= 11 is 1.34. The summed E-state index contributed by atoms with van der Waals surface area (Å²) in [7, 11) is 0. The fourth-order valence-corrected chi connectivity index (χ4v) is 4.16. The quantitative estimate of drug-likeness (QED) is 0.246. The van der Waals surface area contributed by atoms with Gasteiger partial charge in [-0.15, -0.1) is 23.7 Å². The van der Waals surface area contributed by atoms with Crippen LogP contribution in [-0.4, -0.2) is 42.5 Å². The number of thiazole rings is 1. The number of nitrogen functional groups attached to an aromatic ring is 1. The molecule has 0 aliphatic heterocycles. The molecule has 4 aromatic rings. The molecule has 0 radical (unpaired) electrons. The third kappa shape index (κ3) is 8.01. The molecule has 12 heteroatoms. The highest BCUT2D eigenvalue weighted by Gasteiger charge is 2.21. The van der Waals surface area contributed by atoms with Gasteiger partial charge in [-0.1, -0.05) is 12.1 Å². The highest BCUT2D eigenvalue weighted by Crippen LogP contribution is 2.25. The second-order valence-corrected chi connectivity index (χ2v) is 9.07. The van der Waals surface area contributed by atoms with E-state index in [1.165, 1.54) is 40.5 Å². The first-order valence-electron chi connectivity index (χ1n) is 11.9. The molecule has 0 bridgehead atoms. The zero-order valence-electron chi connectivity index (χ0n) is 21.3. The van der Waals surface area contributed by atoms with Crippen molar-refractivity contribution >= 4 is 58.0 Å². The Hall–Kier alpha value is -4.48. The van der Waals surface area contributed by atoms with Crippen LogP contribution in [0.25, 0.3) is 11.3 Å². The van der Waals surface area contributed by atoms with Crippen molar-refractivity contribution in [2.45, 2.75) is 6.92 Å². The number of benzene rings is 3. The predicted molar refractivity (Wildman–Crippen MR) is 154 cm³/mol. The van der Waals surface area contributed by atoms with Gasteiger partial charge in [-0.25, -0.2) is 14.2 Å². The second kappa shape index (κ2) is 14.1. The topological polar surface area (TPSA) is 124 Å². The number of halogens is 2. The van der Waals surface area contributed by atoms with Crippen LogP contribution >= 0.6 is 23.7 Å². The zero-order chi connectivity index (χ0) is 27.8. The summed E-state index contributed by atoms with van der Waals surface area (Å²) in [6, 6.07) is 18.4. The Kier molecular flexibility index (Phi) is 10.6. The van der Waals surface area contributed by atoms with Crippen LogP contribution in [0.1, 0.15) is 17.3 Å². The number of nitrogens with zero attached hydrogens (tertiary/aromatic N) is 2. The fourth-order valence-electron chi connectivity index (χ4n) is 3.58. The minimum Gasteiger partial charge on any atom is -0.482 e. The van der Waals surface area contributed by atoms with E-state index in [9.17, 15) is 18.8 Å². The Labute approximate surface area is 240 Å². The molecule has 0 spiro atoms. The number of carbonyl (C=O) groups excluding carboxylic acids is 3. The molecule has 2 amide bonds. The average Bonchev–Trinajstić information content (AvgIpc) is 3.38. The summed E-state index contributed by atoms with van der Waals surface area (Å²) in [4.78, 5) is 43.4. The first-order valence-corrected chi connectivity index (χ1v) is 12.8. The van der Waals surface area contributed by atoms with Crippen molar-refractivity contribution in [1.82, 2.24) is 4.98 Å². The number of aromatic nitrogens is 1. The lowest BCUT2D eigenvalue weighted by Gasteiger charge is -2.23. The smallest absolute Gasteiger partial charge is 0.344 e. The van der Waals surface area contributed by atoms with Crippen LogP contribution in [0.15, 0.2) is 78.2 Å². The van der Waals surface area contributed by atoms with Gasteiger partial charge in [-0.2, -0.15) is 0 Å². The van der Waals surface area contributed by atoms with E-state index in [0.29, 0.717) is 22.3 Å². The molecule has 0 aliphatic rings. The van der Waals surface area contributed by atoms with E-state index in [4.69, 9.17) is 15.2 Å². The number of ether oxygens (including phenoxy) is 2. The van der Waals surface area contributed by atoms with Crippen LogP contribution < -0.4 is 20.7 Å². The van der Waals surface area contributed by atoms with Crippen LogP contribution in [0, 0.1) is 5.82 Å². The van der Waals surface area contributed by atoms with Gasteiger partial charge in [0.05, 0.1) is 12.3 Å². The molecule has 0 saturated heterocycles. The monoisotopic (exact) mass is 584 g/mol. The fraction of sp³-hybridized carbons (Fsp3) is 0.143. The summed E-state index contributed by atoms with van der Waals surface area (Å²) in [5, 5.41) is 5.09. The Balaban J connectivity index is 0.00000441. The van der Waals surface area contributed by atoms with Crippen molar-refractivity contribution in [3.63, 3.8) is 0 Å². The predicted octanol–water partition coefficient (Wildman–Crippen LogP) is 5.18. The Morgan fingerprint density at radius 2 is 1.68 bits per heavy atom. The Morgan fingerprint density at radius 1 is 1.00 bits per heavy atom. The van der Waals surface area contributed by atoms with Crippen LogP contribution in [0.4, 0.5) is 20.9 Å². The lowest BCUT2D eigenvalue weighted by Crippen LogP contribution is -2.38. The van der Waals surface area contributed by atoms with E-state index in [1.807, 2.05) is 5.38 Å². The van der Waals surface area contributed by atoms with Gasteiger partial charge < -0.3 is 20.5 Å². The molecule has 1 heterocycles. The first kappa shape index (κ1) is 30.1. The van der Waals surface area contributed by atoms with Gasteiger partial charge in [0.2, 0.25) is 5.91 Å². The SMILES string of the molecule is CCOC(=O)COc1ccc(N(CC(=O)Nc2ccc(-c3csc(N)n3)cc2)C(=O)c2ccc(F)cc2)cc1.Cl. The molecule has 9 nitrogen and oxygen atoms in total. The summed E-state index contributed by atoms with van der Waals surface area (Å²) in [6.45, 7) is 1.37. The van der Waals surface area contributed by atoms with Crippen molar-refractivity contribution < 1.29 is 28.2 Å². The first-order chi connectivity index (χ1) is 18.8. The molecule has 40 heavy (non-hydrogen) atoms. The third-order valence-electron chi connectivity index (χ3n) is 5.43. The largest absolute Gasteiger partial charge is 0.482 e. The maximum atomic E-state index is 13.4. The summed E-state index contributed by atoms with van der Waals surface area (Å²) in [5.41, 5.74) is 8.42. The number of amides is 2.